The molecule has 1 saturated heterocycles. The highest BCUT2D eigenvalue weighted by Gasteiger charge is 2.27. The summed E-state index contributed by atoms with van der Waals surface area (Å²) in [6.45, 7) is 1.45. The van der Waals surface area contributed by atoms with Crippen molar-refractivity contribution in [3.63, 3.8) is 0 Å². The zero-order chi connectivity index (χ0) is 10.7. The smallest absolute Gasteiger partial charge is 0.279 e. The number of carbonyl (C=O) groups excluding carboxylic acids is 1. The molecule has 1 aliphatic heterocycles. The SMILES string of the molecule is O=C1[C@H](O)OCCN1Cc1ccccc1. The molecule has 1 aliphatic rings. The van der Waals surface area contributed by atoms with Crippen LogP contribution in [0.3, 0.4) is 0 Å². The van der Waals surface area contributed by atoms with E-state index in [4.69, 9.17) is 4.74 Å². The topological polar surface area (TPSA) is 49.8 Å². The molecule has 4 heteroatoms. The molecule has 0 spiro atoms. The zero-order valence-electron chi connectivity index (χ0n) is 8.30. The Morgan fingerprint density at radius 3 is 2.87 bits per heavy atom. The van der Waals surface area contributed by atoms with Gasteiger partial charge in [-0.1, -0.05) is 30.3 Å². The van der Waals surface area contributed by atoms with E-state index in [-0.39, 0.29) is 5.91 Å². The number of aliphatic hydroxyl groups is 1. The normalized spacial score (nSPS) is 21.8. The second kappa shape index (κ2) is 4.42. The molecule has 1 atom stereocenters. The van der Waals surface area contributed by atoms with Crippen molar-refractivity contribution in [1.29, 1.82) is 0 Å². The average Bonchev–Trinajstić information content (AvgIpc) is 2.26. The molecule has 0 aromatic heterocycles. The minimum Gasteiger partial charge on any atom is -0.361 e. The van der Waals surface area contributed by atoms with Crippen LogP contribution in [0.4, 0.5) is 0 Å². The molecule has 15 heavy (non-hydrogen) atoms. The number of carbonyl (C=O) groups is 1. The monoisotopic (exact) mass is 207 g/mol. The highest BCUT2D eigenvalue weighted by Crippen LogP contribution is 2.10. The fourth-order valence-electron chi connectivity index (χ4n) is 1.57. The van der Waals surface area contributed by atoms with E-state index in [1.54, 1.807) is 4.90 Å². The molecule has 4 nitrogen and oxygen atoms in total. The Morgan fingerprint density at radius 2 is 2.13 bits per heavy atom. The van der Waals surface area contributed by atoms with Crippen LogP contribution in [0.2, 0.25) is 0 Å². The molecule has 1 amide bonds. The van der Waals surface area contributed by atoms with E-state index < -0.39 is 6.29 Å². The Kier molecular flexibility index (Phi) is 2.99. The number of hydrogen-bond donors (Lipinski definition) is 1. The minimum atomic E-state index is -1.29. The number of amides is 1. The number of nitrogens with zero attached hydrogens (tertiary/aromatic N) is 1. The van der Waals surface area contributed by atoms with Crippen molar-refractivity contribution in [3.05, 3.63) is 35.9 Å². The van der Waals surface area contributed by atoms with Crippen LogP contribution in [0.15, 0.2) is 30.3 Å². The van der Waals surface area contributed by atoms with Crippen molar-refractivity contribution in [2.45, 2.75) is 12.8 Å². The van der Waals surface area contributed by atoms with Crippen LogP contribution in [0, 0.1) is 0 Å². The van der Waals surface area contributed by atoms with Crippen molar-refractivity contribution < 1.29 is 14.6 Å². The summed E-state index contributed by atoms with van der Waals surface area (Å²) in [5, 5.41) is 9.21. The van der Waals surface area contributed by atoms with Gasteiger partial charge in [0.1, 0.15) is 0 Å². The lowest BCUT2D eigenvalue weighted by atomic mass is 10.2. The lowest BCUT2D eigenvalue weighted by molar-refractivity contribution is -0.184. The fraction of sp³-hybridized carbons (Fsp3) is 0.364. The van der Waals surface area contributed by atoms with E-state index in [1.807, 2.05) is 30.3 Å². The summed E-state index contributed by atoms with van der Waals surface area (Å²) in [5.74, 6) is -0.356. The van der Waals surface area contributed by atoms with Gasteiger partial charge in [-0.25, -0.2) is 0 Å². The Morgan fingerprint density at radius 1 is 1.40 bits per heavy atom. The highest BCUT2D eigenvalue weighted by molar-refractivity contribution is 5.79. The summed E-state index contributed by atoms with van der Waals surface area (Å²) in [5.41, 5.74) is 1.06. The molecule has 1 aromatic carbocycles. The van der Waals surface area contributed by atoms with Crippen LogP contribution in [0.25, 0.3) is 0 Å². The fourth-order valence-corrected chi connectivity index (χ4v) is 1.57. The number of morpholine rings is 1. The van der Waals surface area contributed by atoms with Gasteiger partial charge in [0.2, 0.25) is 6.29 Å². The van der Waals surface area contributed by atoms with Gasteiger partial charge in [-0.05, 0) is 5.56 Å². The van der Waals surface area contributed by atoms with Gasteiger partial charge in [0.15, 0.2) is 0 Å². The van der Waals surface area contributed by atoms with Gasteiger partial charge in [0, 0.05) is 13.1 Å². The van der Waals surface area contributed by atoms with E-state index in [0.29, 0.717) is 19.7 Å². The van der Waals surface area contributed by atoms with Gasteiger partial charge >= 0.3 is 0 Å². The summed E-state index contributed by atoms with van der Waals surface area (Å²) < 4.78 is 4.82. The first-order valence-corrected chi connectivity index (χ1v) is 4.90. The lowest BCUT2D eigenvalue weighted by Crippen LogP contribution is -2.47. The molecule has 0 saturated carbocycles. The molecular formula is C11H13NO3. The maximum absolute atomic E-state index is 11.5. The van der Waals surface area contributed by atoms with Crippen LogP contribution in [-0.2, 0) is 16.1 Å². The van der Waals surface area contributed by atoms with E-state index >= 15 is 0 Å². The van der Waals surface area contributed by atoms with Crippen LogP contribution >= 0.6 is 0 Å². The number of hydrogen-bond acceptors (Lipinski definition) is 3. The first-order chi connectivity index (χ1) is 7.27. The Balaban J connectivity index is 2.03. The van der Waals surface area contributed by atoms with E-state index in [1.165, 1.54) is 0 Å². The Hall–Kier alpha value is -1.39. The molecule has 0 bridgehead atoms. The first kappa shape index (κ1) is 10.1. The summed E-state index contributed by atoms with van der Waals surface area (Å²) in [6.07, 6.45) is -1.29. The van der Waals surface area contributed by atoms with Gasteiger partial charge < -0.3 is 14.7 Å². The van der Waals surface area contributed by atoms with E-state index in [9.17, 15) is 9.90 Å². The predicted octanol–water partition coefficient (Wildman–Crippen LogP) is 0.364. The van der Waals surface area contributed by atoms with Crippen molar-refractivity contribution in [2.24, 2.45) is 0 Å². The second-order valence-electron chi connectivity index (χ2n) is 3.47. The minimum absolute atomic E-state index is 0.356. The summed E-state index contributed by atoms with van der Waals surface area (Å²) in [4.78, 5) is 13.1. The van der Waals surface area contributed by atoms with Gasteiger partial charge in [-0.15, -0.1) is 0 Å². The van der Waals surface area contributed by atoms with Crippen LogP contribution in [0.1, 0.15) is 5.56 Å². The molecule has 0 aliphatic carbocycles. The maximum atomic E-state index is 11.5. The average molecular weight is 207 g/mol. The predicted molar refractivity (Wildman–Crippen MR) is 53.8 cm³/mol. The molecule has 2 rings (SSSR count). The molecule has 1 aromatic rings. The molecule has 1 fully saturated rings. The van der Waals surface area contributed by atoms with Crippen molar-refractivity contribution in [3.8, 4) is 0 Å². The van der Waals surface area contributed by atoms with Crippen LogP contribution < -0.4 is 0 Å². The molecular weight excluding hydrogens is 194 g/mol. The van der Waals surface area contributed by atoms with Gasteiger partial charge in [-0.2, -0.15) is 0 Å². The third-order valence-corrected chi connectivity index (χ3v) is 2.38. The summed E-state index contributed by atoms with van der Waals surface area (Å²) in [6, 6.07) is 9.69. The van der Waals surface area contributed by atoms with Gasteiger partial charge in [0.05, 0.1) is 6.61 Å². The number of aliphatic hydroxyl groups excluding tert-OH is 1. The lowest BCUT2D eigenvalue weighted by Gasteiger charge is -2.29. The third-order valence-electron chi connectivity index (χ3n) is 2.38. The number of benzene rings is 1. The largest absolute Gasteiger partial charge is 0.361 e. The number of ether oxygens (including phenoxy) is 1. The standard InChI is InChI=1S/C11H13NO3/c13-10-11(14)15-7-6-12(10)8-9-4-2-1-3-5-9/h1-5,11,14H,6-8H2/t11-/m1/s1. The summed E-state index contributed by atoms with van der Waals surface area (Å²) in [7, 11) is 0. The Labute approximate surface area is 88.1 Å². The number of rotatable bonds is 2. The molecule has 0 unspecified atom stereocenters. The third kappa shape index (κ3) is 2.34. The first-order valence-electron chi connectivity index (χ1n) is 4.90. The van der Waals surface area contributed by atoms with E-state index in [2.05, 4.69) is 0 Å². The highest BCUT2D eigenvalue weighted by atomic mass is 16.6. The van der Waals surface area contributed by atoms with Crippen molar-refractivity contribution in [1.82, 2.24) is 4.90 Å². The molecule has 0 radical (unpaired) electrons. The summed E-state index contributed by atoms with van der Waals surface area (Å²) >= 11 is 0. The van der Waals surface area contributed by atoms with Crippen molar-refractivity contribution >= 4 is 5.91 Å². The second-order valence-corrected chi connectivity index (χ2v) is 3.47. The Bertz CT molecular complexity index is 339. The van der Waals surface area contributed by atoms with E-state index in [0.717, 1.165) is 5.56 Å². The molecule has 1 N–H and O–H groups in total. The van der Waals surface area contributed by atoms with Crippen LogP contribution in [-0.4, -0.2) is 35.4 Å². The van der Waals surface area contributed by atoms with Crippen molar-refractivity contribution in [2.75, 3.05) is 13.2 Å². The van der Waals surface area contributed by atoms with Gasteiger partial charge in [-0.3, -0.25) is 4.79 Å². The quantitative estimate of drug-likeness (QED) is 0.762. The molecule has 1 heterocycles. The molecule has 80 valence electrons. The maximum Gasteiger partial charge on any atom is 0.279 e. The van der Waals surface area contributed by atoms with Gasteiger partial charge in [0.25, 0.3) is 5.91 Å². The van der Waals surface area contributed by atoms with Crippen LogP contribution in [0.5, 0.6) is 0 Å². The zero-order valence-corrected chi connectivity index (χ0v) is 8.30.